The molecule has 0 aliphatic rings. The lowest BCUT2D eigenvalue weighted by atomic mass is 10.1. The summed E-state index contributed by atoms with van der Waals surface area (Å²) in [6.07, 6.45) is 0.179. The number of hydrogen-bond donors (Lipinski definition) is 2. The second kappa shape index (κ2) is 9.82. The van der Waals surface area contributed by atoms with Crippen molar-refractivity contribution in [3.63, 3.8) is 0 Å². The summed E-state index contributed by atoms with van der Waals surface area (Å²) in [5, 5.41) is 11.4. The van der Waals surface area contributed by atoms with Gasteiger partial charge in [-0.1, -0.05) is 18.2 Å². The zero-order chi connectivity index (χ0) is 18.9. The maximum absolute atomic E-state index is 13.7. The first-order valence-corrected chi connectivity index (χ1v) is 9.14. The van der Waals surface area contributed by atoms with Gasteiger partial charge in [0, 0.05) is 17.2 Å². The third-order valence-electron chi connectivity index (χ3n) is 3.52. The number of nitrogens with one attached hydrogen (secondary N) is 1. The van der Waals surface area contributed by atoms with Crippen molar-refractivity contribution in [2.45, 2.75) is 18.6 Å². The summed E-state index contributed by atoms with van der Waals surface area (Å²) in [6, 6.07) is 11.8. The van der Waals surface area contributed by atoms with Gasteiger partial charge in [0.2, 0.25) is 5.91 Å². The number of ether oxygens (including phenoxy) is 1. The molecule has 0 heterocycles. The van der Waals surface area contributed by atoms with E-state index in [2.05, 4.69) is 5.32 Å². The van der Waals surface area contributed by atoms with Gasteiger partial charge in [0.1, 0.15) is 0 Å². The van der Waals surface area contributed by atoms with Crippen LogP contribution in [0.3, 0.4) is 0 Å². The Bertz CT molecular complexity index is 782. The highest BCUT2D eigenvalue weighted by Crippen LogP contribution is 2.19. The van der Waals surface area contributed by atoms with E-state index in [4.69, 9.17) is 9.84 Å². The fourth-order valence-corrected chi connectivity index (χ4v) is 3.18. The summed E-state index contributed by atoms with van der Waals surface area (Å²) in [5.74, 6) is -0.213. The molecule has 2 aromatic carbocycles. The number of methoxy groups -OCH3 is 1. The summed E-state index contributed by atoms with van der Waals surface area (Å²) in [7, 11) is 1.39. The number of carbonyl (C=O) groups is 2. The normalized spacial score (nSPS) is 10.4. The zero-order valence-corrected chi connectivity index (χ0v) is 15.1. The number of halogens is 1. The van der Waals surface area contributed by atoms with Crippen molar-refractivity contribution in [3.05, 3.63) is 59.4 Å². The van der Waals surface area contributed by atoms with Gasteiger partial charge in [-0.2, -0.15) is 11.8 Å². The number of anilines is 1. The second-order valence-corrected chi connectivity index (χ2v) is 6.70. The molecule has 0 aliphatic heterocycles. The second-order valence-electron chi connectivity index (χ2n) is 5.59. The van der Waals surface area contributed by atoms with Crippen molar-refractivity contribution < 1.29 is 23.8 Å². The molecule has 0 fully saturated rings. The predicted molar refractivity (Wildman–Crippen MR) is 100 cm³/mol. The van der Waals surface area contributed by atoms with Crippen molar-refractivity contribution >= 4 is 29.3 Å². The fraction of sp³-hybridized carbons (Fsp3) is 0.263. The first-order chi connectivity index (χ1) is 12.5. The Hall–Kier alpha value is -2.54. The number of carbonyl (C=O) groups excluding carboxylic acids is 1. The Balaban J connectivity index is 1.89. The topological polar surface area (TPSA) is 75.6 Å². The Morgan fingerprint density at radius 2 is 2.00 bits per heavy atom. The molecule has 0 aliphatic carbocycles. The largest absolute Gasteiger partial charge is 0.494 e. The molecule has 0 atom stereocenters. The van der Waals surface area contributed by atoms with Crippen molar-refractivity contribution in [2.75, 3.05) is 18.2 Å². The van der Waals surface area contributed by atoms with Crippen molar-refractivity contribution in [2.24, 2.45) is 0 Å². The Morgan fingerprint density at radius 3 is 2.69 bits per heavy atom. The SMILES string of the molecule is COc1ccc(CC(=O)Nc2cccc(CSCCC(=O)O)c2)cc1F. The molecule has 0 bridgehead atoms. The first kappa shape index (κ1) is 19.8. The molecule has 2 aromatic rings. The van der Waals surface area contributed by atoms with Crippen LogP contribution in [0.15, 0.2) is 42.5 Å². The number of thioether (sulfide) groups is 1. The number of aliphatic carboxylic acids is 1. The lowest BCUT2D eigenvalue weighted by molar-refractivity contribution is -0.136. The lowest BCUT2D eigenvalue weighted by Gasteiger charge is -2.08. The maximum atomic E-state index is 13.7. The molecule has 5 nitrogen and oxygen atoms in total. The molecular formula is C19H20FNO4S. The van der Waals surface area contributed by atoms with E-state index in [1.807, 2.05) is 18.2 Å². The summed E-state index contributed by atoms with van der Waals surface area (Å²) >= 11 is 1.52. The number of carboxylic acids is 1. The molecule has 0 radical (unpaired) electrons. The van der Waals surface area contributed by atoms with Gasteiger partial charge < -0.3 is 15.2 Å². The van der Waals surface area contributed by atoms with Crippen LogP contribution in [0.4, 0.5) is 10.1 Å². The lowest BCUT2D eigenvalue weighted by Crippen LogP contribution is -2.14. The van der Waals surface area contributed by atoms with E-state index in [1.165, 1.54) is 31.0 Å². The maximum Gasteiger partial charge on any atom is 0.304 e. The van der Waals surface area contributed by atoms with Crippen LogP contribution < -0.4 is 10.1 Å². The number of hydrogen-bond acceptors (Lipinski definition) is 4. The Kier molecular flexibility index (Phi) is 7.47. The van der Waals surface area contributed by atoms with Gasteiger partial charge in [0.25, 0.3) is 0 Å². The van der Waals surface area contributed by atoms with E-state index >= 15 is 0 Å². The van der Waals surface area contributed by atoms with E-state index in [-0.39, 0.29) is 24.5 Å². The third-order valence-corrected chi connectivity index (χ3v) is 4.55. The molecule has 0 spiro atoms. The van der Waals surface area contributed by atoms with Crippen LogP contribution in [-0.2, 0) is 21.8 Å². The van der Waals surface area contributed by atoms with Gasteiger partial charge >= 0.3 is 5.97 Å². The number of carboxylic acid groups (broad SMARTS) is 1. The van der Waals surface area contributed by atoms with E-state index in [1.54, 1.807) is 12.1 Å². The van der Waals surface area contributed by atoms with E-state index in [0.29, 0.717) is 22.8 Å². The standard InChI is InChI=1S/C19H20FNO4S/c1-25-17-6-5-13(10-16(17)20)11-18(22)21-15-4-2-3-14(9-15)12-26-8-7-19(23)24/h2-6,9-10H,7-8,11-12H2,1H3,(H,21,22)(H,23,24). The molecule has 2 N–H and O–H groups in total. The van der Waals surface area contributed by atoms with Crippen LogP contribution in [0.2, 0.25) is 0 Å². The molecule has 1 amide bonds. The molecule has 26 heavy (non-hydrogen) atoms. The van der Waals surface area contributed by atoms with E-state index in [9.17, 15) is 14.0 Å². The van der Waals surface area contributed by atoms with Crippen LogP contribution in [0, 0.1) is 5.82 Å². The summed E-state index contributed by atoms with van der Waals surface area (Å²) in [6.45, 7) is 0. The van der Waals surface area contributed by atoms with Crippen LogP contribution in [0.1, 0.15) is 17.5 Å². The van der Waals surface area contributed by atoms with Crippen molar-refractivity contribution in [1.82, 2.24) is 0 Å². The highest BCUT2D eigenvalue weighted by molar-refractivity contribution is 7.98. The summed E-state index contributed by atoms with van der Waals surface area (Å²) in [5.41, 5.74) is 2.20. The van der Waals surface area contributed by atoms with Gasteiger partial charge in [-0.05, 0) is 35.4 Å². The molecule has 0 unspecified atom stereocenters. The Morgan fingerprint density at radius 1 is 1.19 bits per heavy atom. The molecule has 138 valence electrons. The van der Waals surface area contributed by atoms with Gasteiger partial charge in [0.05, 0.1) is 20.0 Å². The summed E-state index contributed by atoms with van der Waals surface area (Å²) in [4.78, 5) is 22.7. The molecule has 2 rings (SSSR count). The molecule has 0 saturated carbocycles. The van der Waals surface area contributed by atoms with Crippen molar-refractivity contribution in [3.8, 4) is 5.75 Å². The number of benzene rings is 2. The first-order valence-electron chi connectivity index (χ1n) is 7.98. The zero-order valence-electron chi connectivity index (χ0n) is 14.3. The van der Waals surface area contributed by atoms with Gasteiger partial charge in [-0.15, -0.1) is 0 Å². The minimum absolute atomic E-state index is 0.0541. The van der Waals surface area contributed by atoms with Crippen LogP contribution in [0.25, 0.3) is 0 Å². The molecular weight excluding hydrogens is 357 g/mol. The monoisotopic (exact) mass is 377 g/mol. The van der Waals surface area contributed by atoms with Crippen LogP contribution >= 0.6 is 11.8 Å². The van der Waals surface area contributed by atoms with Gasteiger partial charge in [-0.3, -0.25) is 9.59 Å². The van der Waals surface area contributed by atoms with E-state index < -0.39 is 11.8 Å². The highest BCUT2D eigenvalue weighted by atomic mass is 32.2. The fourth-order valence-electron chi connectivity index (χ4n) is 2.30. The third kappa shape index (κ3) is 6.40. The minimum atomic E-state index is -0.812. The Labute approximate surface area is 155 Å². The highest BCUT2D eigenvalue weighted by Gasteiger charge is 2.08. The van der Waals surface area contributed by atoms with Gasteiger partial charge in [-0.25, -0.2) is 4.39 Å². The summed E-state index contributed by atoms with van der Waals surface area (Å²) < 4.78 is 18.5. The van der Waals surface area contributed by atoms with E-state index in [0.717, 1.165) is 5.56 Å². The van der Waals surface area contributed by atoms with Crippen LogP contribution in [0.5, 0.6) is 5.75 Å². The average molecular weight is 377 g/mol. The molecule has 7 heteroatoms. The number of amides is 1. The smallest absolute Gasteiger partial charge is 0.304 e. The van der Waals surface area contributed by atoms with Gasteiger partial charge in [0.15, 0.2) is 11.6 Å². The minimum Gasteiger partial charge on any atom is -0.494 e. The number of rotatable bonds is 9. The quantitative estimate of drug-likeness (QED) is 0.652. The predicted octanol–water partition coefficient (Wildman–Crippen LogP) is 3.72. The molecule has 0 aromatic heterocycles. The van der Waals surface area contributed by atoms with Crippen LogP contribution in [-0.4, -0.2) is 29.8 Å². The molecule has 0 saturated heterocycles. The average Bonchev–Trinajstić information content (AvgIpc) is 2.59. The van der Waals surface area contributed by atoms with Crippen molar-refractivity contribution in [1.29, 1.82) is 0 Å².